The van der Waals surface area contributed by atoms with Gasteiger partial charge in [-0.15, -0.1) is 0 Å². The number of ether oxygens (including phenoxy) is 2. The van der Waals surface area contributed by atoms with Crippen molar-refractivity contribution in [3.63, 3.8) is 0 Å². The van der Waals surface area contributed by atoms with Crippen LogP contribution in [0, 0.1) is 0 Å². The van der Waals surface area contributed by atoms with E-state index in [4.69, 9.17) is 14.6 Å². The van der Waals surface area contributed by atoms with Gasteiger partial charge < -0.3 is 44.8 Å². The van der Waals surface area contributed by atoms with Crippen molar-refractivity contribution in [1.29, 1.82) is 0 Å². The summed E-state index contributed by atoms with van der Waals surface area (Å²) in [6.45, 7) is -1.98. The SMILES string of the molecule is O=C1C(OP(=O)(O)OP(=O)(O)OC[C@H]2O[C@@H](n3ccc(=O)[nH]c3=O)[C@H](O)[C@@H]2O)OC(CO)C(O)C1O. The van der Waals surface area contributed by atoms with Gasteiger partial charge in [0, 0.05) is 12.3 Å². The first kappa shape index (κ1) is 28.9. The van der Waals surface area contributed by atoms with Crippen LogP contribution in [0.2, 0.25) is 0 Å². The number of rotatable bonds is 9. The summed E-state index contributed by atoms with van der Waals surface area (Å²) in [5.74, 6) is -1.46. The highest BCUT2D eigenvalue weighted by molar-refractivity contribution is 7.61. The molecular formula is C15H22N2O17P2. The van der Waals surface area contributed by atoms with Gasteiger partial charge in [0.15, 0.2) is 6.23 Å². The van der Waals surface area contributed by atoms with E-state index in [9.17, 15) is 53.7 Å². The average molecular weight is 564 g/mol. The maximum Gasteiger partial charge on any atom is 0.483 e. The fraction of sp³-hybridized carbons (Fsp3) is 0.667. The van der Waals surface area contributed by atoms with E-state index in [-0.39, 0.29) is 0 Å². The maximum atomic E-state index is 12.1. The van der Waals surface area contributed by atoms with Crippen LogP contribution in [0.15, 0.2) is 21.9 Å². The number of hydrogen-bond acceptors (Lipinski definition) is 15. The quantitative estimate of drug-likeness (QED) is 0.131. The predicted molar refractivity (Wildman–Crippen MR) is 108 cm³/mol. The maximum absolute atomic E-state index is 12.1. The molecule has 3 heterocycles. The molecule has 2 saturated heterocycles. The van der Waals surface area contributed by atoms with Crippen LogP contribution in [0.4, 0.5) is 0 Å². The topological polar surface area (TPSA) is 294 Å². The summed E-state index contributed by atoms with van der Waals surface area (Å²) >= 11 is 0. The van der Waals surface area contributed by atoms with E-state index in [2.05, 4.69) is 13.4 Å². The second kappa shape index (κ2) is 11.0. The third-order valence-corrected chi connectivity index (χ3v) is 7.59. The van der Waals surface area contributed by atoms with E-state index < -0.39 is 95.0 Å². The Morgan fingerprint density at radius 3 is 2.25 bits per heavy atom. The first-order valence-electron chi connectivity index (χ1n) is 9.85. The molecule has 0 radical (unpaired) electrons. The Kier molecular flexibility index (Phi) is 8.81. The number of carbonyl (C=O) groups is 1. The Balaban J connectivity index is 1.62. The van der Waals surface area contributed by atoms with Crippen molar-refractivity contribution in [3.8, 4) is 0 Å². The molecule has 8 N–H and O–H groups in total. The number of nitrogens with zero attached hydrogens (tertiary/aromatic N) is 1. The van der Waals surface area contributed by atoms with Crippen molar-refractivity contribution < 1.29 is 72.1 Å². The molecule has 6 unspecified atom stereocenters. The minimum Gasteiger partial charge on any atom is -0.394 e. The number of carbonyl (C=O) groups excluding carboxylic acids is 1. The Bertz CT molecular complexity index is 1170. The molecule has 2 fully saturated rings. The van der Waals surface area contributed by atoms with Crippen molar-refractivity contribution >= 4 is 21.4 Å². The number of phosphoric ester groups is 2. The summed E-state index contributed by atoms with van der Waals surface area (Å²) < 4.78 is 47.7. The minimum atomic E-state index is -5.65. The Morgan fingerprint density at radius 2 is 1.64 bits per heavy atom. The first-order chi connectivity index (χ1) is 16.7. The molecule has 0 spiro atoms. The number of Topliss-reactive ketones (excluding diaryl/α,β-unsaturated/α-hetero) is 1. The van der Waals surface area contributed by atoms with E-state index in [1.165, 1.54) is 0 Å². The van der Waals surface area contributed by atoms with E-state index in [0.29, 0.717) is 4.57 Å². The van der Waals surface area contributed by atoms with Crippen LogP contribution < -0.4 is 11.2 Å². The second-order valence-electron chi connectivity index (χ2n) is 7.51. The standard InChI is InChI=1S/C15H22N2O17P2/c18-3-5-8(20)10(22)12(24)14(32-5)33-36(28,29)34-35(26,27)30-4-6-9(21)11(23)13(31-6)17-2-1-7(19)16-15(17)25/h1-2,5-6,8-11,13-14,18,20-23H,3-4H2,(H,26,27)(H,28,29)(H,16,19,25)/t5?,6-,8?,9-,10?,11-,13-,14?/m1/s1. The predicted octanol–water partition coefficient (Wildman–Crippen LogP) is -4.59. The second-order valence-corrected chi connectivity index (χ2v) is 10.5. The molecule has 19 nitrogen and oxygen atoms in total. The lowest BCUT2D eigenvalue weighted by atomic mass is 10.0. The molecule has 0 aliphatic carbocycles. The van der Waals surface area contributed by atoms with Crippen LogP contribution in [-0.4, -0.2) is 107 Å². The summed E-state index contributed by atoms with van der Waals surface area (Å²) in [5, 5.41) is 48.5. The van der Waals surface area contributed by atoms with E-state index in [1.54, 1.807) is 0 Å². The van der Waals surface area contributed by atoms with Crippen LogP contribution in [0.3, 0.4) is 0 Å². The lowest BCUT2D eigenvalue weighted by molar-refractivity contribution is -0.222. The highest BCUT2D eigenvalue weighted by Crippen LogP contribution is 2.61. The highest BCUT2D eigenvalue weighted by Gasteiger charge is 2.49. The van der Waals surface area contributed by atoms with Crippen molar-refractivity contribution in [2.75, 3.05) is 13.2 Å². The van der Waals surface area contributed by atoms with Gasteiger partial charge in [-0.2, -0.15) is 4.31 Å². The number of nitrogens with one attached hydrogen (secondary N) is 1. The Labute approximate surface area is 199 Å². The first-order valence-corrected chi connectivity index (χ1v) is 12.8. The van der Waals surface area contributed by atoms with Crippen LogP contribution in [-0.2, 0) is 36.8 Å². The fourth-order valence-electron chi connectivity index (χ4n) is 3.23. The van der Waals surface area contributed by atoms with Crippen molar-refractivity contribution in [2.24, 2.45) is 0 Å². The van der Waals surface area contributed by atoms with Crippen LogP contribution in [0.1, 0.15) is 6.23 Å². The molecule has 1 aromatic heterocycles. The number of aromatic nitrogens is 2. The van der Waals surface area contributed by atoms with E-state index in [0.717, 1.165) is 12.3 Å². The molecule has 0 amide bonds. The third-order valence-electron chi connectivity index (χ3n) is 5.01. The van der Waals surface area contributed by atoms with Crippen LogP contribution >= 0.6 is 15.6 Å². The number of H-pyrrole nitrogens is 1. The molecule has 2 aliphatic heterocycles. The number of aromatic amines is 1. The van der Waals surface area contributed by atoms with Gasteiger partial charge in [0.25, 0.3) is 5.56 Å². The van der Waals surface area contributed by atoms with E-state index >= 15 is 0 Å². The Morgan fingerprint density at radius 1 is 0.972 bits per heavy atom. The monoisotopic (exact) mass is 564 g/mol. The summed E-state index contributed by atoms with van der Waals surface area (Å²) in [5.41, 5.74) is -1.76. The lowest BCUT2D eigenvalue weighted by Crippen LogP contribution is -2.56. The molecular weight excluding hydrogens is 542 g/mol. The Hall–Kier alpha value is -1.67. The number of phosphoric acid groups is 2. The van der Waals surface area contributed by atoms with Gasteiger partial charge in [-0.25, -0.2) is 18.4 Å². The average Bonchev–Trinajstić information content (AvgIpc) is 3.06. The van der Waals surface area contributed by atoms with E-state index in [1.807, 2.05) is 4.98 Å². The number of ketones is 1. The third kappa shape index (κ3) is 6.42. The number of aliphatic hydroxyl groups excluding tert-OH is 5. The fourth-order valence-corrected chi connectivity index (χ4v) is 5.35. The molecule has 3 rings (SSSR count). The van der Waals surface area contributed by atoms with Gasteiger partial charge in [-0.1, -0.05) is 0 Å². The molecule has 0 saturated carbocycles. The normalized spacial score (nSPS) is 36.4. The zero-order chi connectivity index (χ0) is 27.0. The van der Waals surface area contributed by atoms with Gasteiger partial charge >= 0.3 is 21.3 Å². The van der Waals surface area contributed by atoms with Crippen molar-refractivity contribution in [3.05, 3.63) is 33.1 Å². The van der Waals surface area contributed by atoms with Crippen molar-refractivity contribution in [2.45, 2.75) is 49.1 Å². The van der Waals surface area contributed by atoms with Crippen LogP contribution in [0.25, 0.3) is 0 Å². The highest BCUT2D eigenvalue weighted by atomic mass is 31.3. The largest absolute Gasteiger partial charge is 0.483 e. The molecule has 2 aliphatic rings. The summed E-state index contributed by atoms with van der Waals surface area (Å²) in [7, 11) is -11.2. The van der Waals surface area contributed by atoms with Gasteiger partial charge in [0.2, 0.25) is 12.1 Å². The molecule has 1 aromatic rings. The minimum absolute atomic E-state index is 0.715. The zero-order valence-electron chi connectivity index (χ0n) is 17.7. The van der Waals surface area contributed by atoms with Crippen molar-refractivity contribution in [1.82, 2.24) is 9.55 Å². The summed E-state index contributed by atoms with van der Waals surface area (Å²) in [6.07, 6.45) is -13.8. The molecule has 10 atom stereocenters. The van der Waals surface area contributed by atoms with Gasteiger partial charge in [-0.3, -0.25) is 23.7 Å². The number of hydrogen-bond donors (Lipinski definition) is 8. The van der Waals surface area contributed by atoms with Gasteiger partial charge in [0.05, 0.1) is 13.2 Å². The molecule has 204 valence electrons. The molecule has 36 heavy (non-hydrogen) atoms. The molecule has 21 heteroatoms. The van der Waals surface area contributed by atoms with Crippen LogP contribution in [0.5, 0.6) is 0 Å². The van der Waals surface area contributed by atoms with Gasteiger partial charge in [0.1, 0.15) is 36.6 Å². The lowest BCUT2D eigenvalue weighted by Gasteiger charge is -2.34. The zero-order valence-corrected chi connectivity index (χ0v) is 19.5. The molecule has 0 aromatic carbocycles. The summed E-state index contributed by atoms with van der Waals surface area (Å²) in [4.78, 5) is 56.3. The summed E-state index contributed by atoms with van der Waals surface area (Å²) in [6, 6.07) is 0.922. The number of aliphatic hydroxyl groups is 5. The van der Waals surface area contributed by atoms with Gasteiger partial charge in [-0.05, 0) is 0 Å². The smallest absolute Gasteiger partial charge is 0.394 e. The molecule has 0 bridgehead atoms.